The zero-order valence-corrected chi connectivity index (χ0v) is 12.3. The summed E-state index contributed by atoms with van der Waals surface area (Å²) in [4.78, 5) is 6.74. The molecule has 1 N–H and O–H groups in total. The van der Waals surface area contributed by atoms with Crippen LogP contribution in [-0.4, -0.2) is 47.3 Å². The van der Waals surface area contributed by atoms with Crippen LogP contribution in [0.2, 0.25) is 0 Å². The number of nitrogens with one attached hydrogen (secondary N) is 1. The Balaban J connectivity index is 1.89. The molecule has 5 heteroatoms. The molecule has 1 saturated heterocycles. The molecule has 0 aromatic carbocycles. The summed E-state index contributed by atoms with van der Waals surface area (Å²) in [6.07, 6.45) is 7.70. The fourth-order valence-corrected chi connectivity index (χ4v) is 2.58. The monoisotopic (exact) mass is 263 g/mol. The van der Waals surface area contributed by atoms with Crippen molar-refractivity contribution in [2.24, 2.45) is 12.0 Å². The molecule has 1 aromatic heterocycles. The Hall–Kier alpha value is -1.52. The summed E-state index contributed by atoms with van der Waals surface area (Å²) >= 11 is 0. The van der Waals surface area contributed by atoms with Gasteiger partial charge in [0.15, 0.2) is 5.96 Å². The Morgan fingerprint density at radius 2 is 2.42 bits per heavy atom. The highest BCUT2D eigenvalue weighted by atomic mass is 15.3. The van der Waals surface area contributed by atoms with E-state index >= 15 is 0 Å². The molecule has 5 nitrogen and oxygen atoms in total. The standard InChI is InChI=1S/C14H25N5/c1-4-5-7-16-14(15-2)19-8-6-12(11-19)13-9-17-18(3)10-13/h9-10,12H,4-8,11H2,1-3H3,(H,15,16). The second-order valence-corrected chi connectivity index (χ2v) is 5.21. The van der Waals surface area contributed by atoms with Crippen LogP contribution in [-0.2, 0) is 7.05 Å². The highest BCUT2D eigenvalue weighted by Gasteiger charge is 2.26. The van der Waals surface area contributed by atoms with Gasteiger partial charge < -0.3 is 10.2 Å². The van der Waals surface area contributed by atoms with Crippen molar-refractivity contribution in [3.8, 4) is 0 Å². The van der Waals surface area contributed by atoms with Gasteiger partial charge >= 0.3 is 0 Å². The largest absolute Gasteiger partial charge is 0.356 e. The van der Waals surface area contributed by atoms with E-state index < -0.39 is 0 Å². The van der Waals surface area contributed by atoms with Crippen LogP contribution in [0.15, 0.2) is 17.4 Å². The summed E-state index contributed by atoms with van der Waals surface area (Å²) in [6.45, 7) is 5.33. The SMILES string of the molecule is CCCCNC(=NC)N1CCC(c2cnn(C)c2)C1. The van der Waals surface area contributed by atoms with E-state index in [2.05, 4.69) is 33.4 Å². The second-order valence-electron chi connectivity index (χ2n) is 5.21. The van der Waals surface area contributed by atoms with Gasteiger partial charge in [-0.15, -0.1) is 0 Å². The molecule has 1 unspecified atom stereocenters. The van der Waals surface area contributed by atoms with Crippen LogP contribution in [0.4, 0.5) is 0 Å². The molecule has 106 valence electrons. The number of guanidine groups is 1. The van der Waals surface area contributed by atoms with E-state index in [9.17, 15) is 0 Å². The number of hydrogen-bond donors (Lipinski definition) is 1. The molecule has 19 heavy (non-hydrogen) atoms. The normalized spacial score (nSPS) is 20.1. The molecule has 1 aromatic rings. The molecule has 1 fully saturated rings. The van der Waals surface area contributed by atoms with Crippen molar-refractivity contribution in [1.82, 2.24) is 20.0 Å². The fourth-order valence-electron chi connectivity index (χ4n) is 2.58. The Bertz CT molecular complexity index is 423. The van der Waals surface area contributed by atoms with Crippen molar-refractivity contribution in [3.05, 3.63) is 18.0 Å². The maximum atomic E-state index is 4.39. The van der Waals surface area contributed by atoms with Gasteiger partial charge in [-0.1, -0.05) is 13.3 Å². The molecule has 1 aliphatic heterocycles. The highest BCUT2D eigenvalue weighted by molar-refractivity contribution is 5.80. The molecule has 1 atom stereocenters. The van der Waals surface area contributed by atoms with Crippen molar-refractivity contribution >= 4 is 5.96 Å². The fraction of sp³-hybridized carbons (Fsp3) is 0.714. The molecule has 0 aliphatic carbocycles. The van der Waals surface area contributed by atoms with Crippen molar-refractivity contribution in [2.45, 2.75) is 32.1 Å². The third-order valence-electron chi connectivity index (χ3n) is 3.71. The van der Waals surface area contributed by atoms with Crippen LogP contribution in [0.25, 0.3) is 0 Å². The van der Waals surface area contributed by atoms with E-state index in [-0.39, 0.29) is 0 Å². The van der Waals surface area contributed by atoms with E-state index in [1.54, 1.807) is 0 Å². The van der Waals surface area contributed by atoms with Gasteiger partial charge in [0.2, 0.25) is 0 Å². The summed E-state index contributed by atoms with van der Waals surface area (Å²) in [7, 11) is 3.84. The first kappa shape index (κ1) is 13.9. The lowest BCUT2D eigenvalue weighted by atomic mass is 10.0. The van der Waals surface area contributed by atoms with Gasteiger partial charge in [-0.05, 0) is 18.4 Å². The Morgan fingerprint density at radius 1 is 1.58 bits per heavy atom. The van der Waals surface area contributed by atoms with Crippen LogP contribution in [0.3, 0.4) is 0 Å². The van der Waals surface area contributed by atoms with E-state index in [0.717, 1.165) is 25.6 Å². The minimum atomic E-state index is 0.582. The minimum absolute atomic E-state index is 0.582. The van der Waals surface area contributed by atoms with Gasteiger partial charge in [-0.25, -0.2) is 0 Å². The van der Waals surface area contributed by atoms with Crippen molar-refractivity contribution in [1.29, 1.82) is 0 Å². The van der Waals surface area contributed by atoms with Crippen LogP contribution in [0.1, 0.15) is 37.7 Å². The summed E-state index contributed by atoms with van der Waals surface area (Å²) in [5.74, 6) is 1.62. The predicted octanol–water partition coefficient (Wildman–Crippen LogP) is 1.58. The number of likely N-dealkylation sites (tertiary alicyclic amines) is 1. The molecule has 1 aliphatic rings. The topological polar surface area (TPSA) is 45.5 Å². The van der Waals surface area contributed by atoms with Crippen molar-refractivity contribution < 1.29 is 0 Å². The van der Waals surface area contributed by atoms with E-state index in [1.165, 1.54) is 24.8 Å². The molecule has 0 amide bonds. The van der Waals surface area contributed by atoms with Gasteiger partial charge in [-0.3, -0.25) is 9.67 Å². The zero-order chi connectivity index (χ0) is 13.7. The van der Waals surface area contributed by atoms with Gasteiger partial charge in [0.05, 0.1) is 6.20 Å². The number of rotatable bonds is 4. The number of aryl methyl sites for hydroxylation is 1. The minimum Gasteiger partial charge on any atom is -0.356 e. The van der Waals surface area contributed by atoms with Gasteiger partial charge in [0.25, 0.3) is 0 Å². The Kier molecular flexibility index (Phi) is 4.82. The summed E-state index contributed by atoms with van der Waals surface area (Å²) in [5, 5.41) is 7.71. The first-order chi connectivity index (χ1) is 9.24. The lowest BCUT2D eigenvalue weighted by Gasteiger charge is -2.21. The third-order valence-corrected chi connectivity index (χ3v) is 3.71. The number of aromatic nitrogens is 2. The van der Waals surface area contributed by atoms with E-state index in [0.29, 0.717) is 5.92 Å². The van der Waals surface area contributed by atoms with Gasteiger partial charge in [0.1, 0.15) is 0 Å². The molecular formula is C14H25N5. The predicted molar refractivity (Wildman–Crippen MR) is 78.4 cm³/mol. The molecule has 0 bridgehead atoms. The number of aliphatic imine (C=N–C) groups is 1. The van der Waals surface area contributed by atoms with E-state index in [4.69, 9.17) is 0 Å². The highest BCUT2D eigenvalue weighted by Crippen LogP contribution is 2.26. The first-order valence-electron chi connectivity index (χ1n) is 7.18. The van der Waals surface area contributed by atoms with Gasteiger partial charge in [0, 0.05) is 45.8 Å². The summed E-state index contributed by atoms with van der Waals surface area (Å²) < 4.78 is 1.88. The Labute approximate surface area is 115 Å². The van der Waals surface area contributed by atoms with Crippen molar-refractivity contribution in [3.63, 3.8) is 0 Å². The summed E-state index contributed by atoms with van der Waals surface area (Å²) in [6, 6.07) is 0. The average molecular weight is 263 g/mol. The third kappa shape index (κ3) is 3.49. The molecule has 2 rings (SSSR count). The average Bonchev–Trinajstić information content (AvgIpc) is 3.03. The lowest BCUT2D eigenvalue weighted by Crippen LogP contribution is -2.40. The summed E-state index contributed by atoms with van der Waals surface area (Å²) in [5.41, 5.74) is 1.34. The molecule has 0 saturated carbocycles. The second kappa shape index (κ2) is 6.59. The number of hydrogen-bond acceptors (Lipinski definition) is 2. The molecule has 0 radical (unpaired) electrons. The molecule has 0 spiro atoms. The lowest BCUT2D eigenvalue weighted by molar-refractivity contribution is 0.484. The van der Waals surface area contributed by atoms with E-state index in [1.807, 2.05) is 25.0 Å². The maximum absolute atomic E-state index is 4.39. The van der Waals surface area contributed by atoms with Crippen LogP contribution in [0, 0.1) is 0 Å². The maximum Gasteiger partial charge on any atom is 0.193 e. The molecule has 2 heterocycles. The van der Waals surface area contributed by atoms with Crippen LogP contribution >= 0.6 is 0 Å². The Morgan fingerprint density at radius 3 is 3.05 bits per heavy atom. The molecular weight excluding hydrogens is 238 g/mol. The van der Waals surface area contributed by atoms with Crippen LogP contribution in [0.5, 0.6) is 0 Å². The zero-order valence-electron chi connectivity index (χ0n) is 12.3. The smallest absolute Gasteiger partial charge is 0.193 e. The quantitative estimate of drug-likeness (QED) is 0.510. The first-order valence-corrected chi connectivity index (χ1v) is 7.18. The van der Waals surface area contributed by atoms with Crippen molar-refractivity contribution in [2.75, 3.05) is 26.7 Å². The van der Waals surface area contributed by atoms with Gasteiger partial charge in [-0.2, -0.15) is 5.10 Å². The number of nitrogens with zero attached hydrogens (tertiary/aromatic N) is 4. The number of unbranched alkanes of at least 4 members (excludes halogenated alkanes) is 1. The van der Waals surface area contributed by atoms with Crippen LogP contribution < -0.4 is 5.32 Å².